The van der Waals surface area contributed by atoms with E-state index in [2.05, 4.69) is 53.2 Å². The van der Waals surface area contributed by atoms with Crippen molar-refractivity contribution in [1.82, 2.24) is 15.1 Å². The zero-order valence-corrected chi connectivity index (χ0v) is 17.9. The first-order chi connectivity index (χ1) is 13.4. The van der Waals surface area contributed by atoms with Gasteiger partial charge < -0.3 is 4.74 Å². The van der Waals surface area contributed by atoms with Gasteiger partial charge in [-0.1, -0.05) is 23.7 Å². The highest BCUT2D eigenvalue weighted by molar-refractivity contribution is 6.29. The zero-order valence-electron chi connectivity index (χ0n) is 17.1. The van der Waals surface area contributed by atoms with Crippen molar-refractivity contribution in [2.75, 3.05) is 7.11 Å². The topological polar surface area (TPSA) is 38.2 Å². The van der Waals surface area contributed by atoms with Crippen molar-refractivity contribution in [2.45, 2.75) is 70.0 Å². The molecule has 0 saturated carbocycles. The van der Waals surface area contributed by atoms with Gasteiger partial charge in [-0.2, -0.15) is 5.10 Å². The van der Waals surface area contributed by atoms with E-state index < -0.39 is 0 Å². The lowest BCUT2D eigenvalue weighted by atomic mass is 9.64. The Kier molecular flexibility index (Phi) is 5.36. The summed E-state index contributed by atoms with van der Waals surface area (Å²) in [5, 5.41) is 8.81. The molecule has 2 fully saturated rings. The zero-order chi connectivity index (χ0) is 19.8. The highest BCUT2D eigenvalue weighted by Gasteiger charge is 2.51. The van der Waals surface area contributed by atoms with Crippen molar-refractivity contribution in [3.8, 4) is 5.75 Å². The molecule has 1 aromatic heterocycles. The normalized spacial score (nSPS) is 30.2. The van der Waals surface area contributed by atoms with Gasteiger partial charge in [0.05, 0.1) is 12.8 Å². The SMILES string of the molecule is COc1ccc(CN2[C@@]3(C)CCC[C@]2(C)CC(Cc2ccc(Cl)nn2)C3)cc1. The average molecular weight is 400 g/mol. The lowest BCUT2D eigenvalue weighted by Gasteiger charge is -2.61. The minimum Gasteiger partial charge on any atom is -0.497 e. The molecule has 0 spiro atoms. The van der Waals surface area contributed by atoms with E-state index >= 15 is 0 Å². The van der Waals surface area contributed by atoms with Gasteiger partial charge in [-0.3, -0.25) is 4.90 Å². The molecule has 2 aliphatic heterocycles. The van der Waals surface area contributed by atoms with Crippen LogP contribution in [0.3, 0.4) is 0 Å². The van der Waals surface area contributed by atoms with E-state index in [1.807, 2.05) is 12.1 Å². The molecule has 0 radical (unpaired) electrons. The van der Waals surface area contributed by atoms with Gasteiger partial charge in [0.25, 0.3) is 0 Å². The standard InChI is InChI=1S/C23H30ClN3O/c1-22-11-4-12-23(2,27(22)16-17-5-8-20(28-3)9-6-17)15-18(14-22)13-19-7-10-21(24)26-25-19/h5-10,18H,4,11-16H2,1-3H3/t18?,22-,23+. The number of rotatable bonds is 5. The van der Waals surface area contributed by atoms with Gasteiger partial charge in [-0.15, -0.1) is 5.10 Å². The van der Waals surface area contributed by atoms with Crippen LogP contribution in [0.5, 0.6) is 5.75 Å². The Morgan fingerprint density at radius 1 is 1.04 bits per heavy atom. The van der Waals surface area contributed by atoms with Gasteiger partial charge in [0, 0.05) is 17.6 Å². The Hall–Kier alpha value is -1.65. The maximum Gasteiger partial charge on any atom is 0.151 e. The van der Waals surface area contributed by atoms with Crippen molar-refractivity contribution in [1.29, 1.82) is 0 Å². The number of nitrogens with zero attached hydrogens (tertiary/aromatic N) is 3. The predicted molar refractivity (Wildman–Crippen MR) is 113 cm³/mol. The van der Waals surface area contributed by atoms with Gasteiger partial charge >= 0.3 is 0 Å². The van der Waals surface area contributed by atoms with E-state index in [-0.39, 0.29) is 11.1 Å². The highest BCUT2D eigenvalue weighted by Crippen LogP contribution is 2.51. The molecule has 1 aromatic carbocycles. The molecule has 5 heteroatoms. The second-order valence-electron chi connectivity index (χ2n) is 9.11. The number of benzene rings is 1. The van der Waals surface area contributed by atoms with Gasteiger partial charge in [-0.25, -0.2) is 0 Å². The number of hydrogen-bond donors (Lipinski definition) is 0. The lowest BCUT2D eigenvalue weighted by Crippen LogP contribution is -2.65. The molecule has 4 rings (SSSR count). The molecule has 150 valence electrons. The first kappa shape index (κ1) is 19.7. The summed E-state index contributed by atoms with van der Waals surface area (Å²) in [7, 11) is 1.72. The van der Waals surface area contributed by atoms with E-state index in [4.69, 9.17) is 16.3 Å². The second kappa shape index (κ2) is 7.64. The second-order valence-corrected chi connectivity index (χ2v) is 9.49. The molecule has 28 heavy (non-hydrogen) atoms. The van der Waals surface area contributed by atoms with E-state index in [9.17, 15) is 0 Å². The highest BCUT2D eigenvalue weighted by atomic mass is 35.5. The first-order valence-corrected chi connectivity index (χ1v) is 10.7. The van der Waals surface area contributed by atoms with Gasteiger partial charge in [0.1, 0.15) is 5.75 Å². The molecule has 2 bridgehead atoms. The number of piperidine rings is 2. The largest absolute Gasteiger partial charge is 0.497 e. The Bertz CT molecular complexity index is 790. The van der Waals surface area contributed by atoms with Gasteiger partial charge in [0.2, 0.25) is 0 Å². The first-order valence-electron chi connectivity index (χ1n) is 10.3. The molecule has 3 atom stereocenters. The fraction of sp³-hybridized carbons (Fsp3) is 0.565. The molecule has 0 aliphatic carbocycles. The van der Waals surface area contributed by atoms with Crippen LogP contribution < -0.4 is 4.74 Å². The van der Waals surface area contributed by atoms with Crippen LogP contribution >= 0.6 is 11.6 Å². The van der Waals surface area contributed by atoms with Crippen LogP contribution in [0, 0.1) is 5.92 Å². The summed E-state index contributed by atoms with van der Waals surface area (Å²) < 4.78 is 5.32. The van der Waals surface area contributed by atoms with Crippen LogP contribution in [0.2, 0.25) is 5.15 Å². The molecular formula is C23H30ClN3O. The molecule has 0 N–H and O–H groups in total. The Labute approximate surface area is 173 Å². The summed E-state index contributed by atoms with van der Waals surface area (Å²) in [6.45, 7) is 5.94. The van der Waals surface area contributed by atoms with E-state index in [0.29, 0.717) is 11.1 Å². The van der Waals surface area contributed by atoms with E-state index in [1.54, 1.807) is 7.11 Å². The molecule has 2 aromatic rings. The third-order valence-corrected chi connectivity index (χ3v) is 7.08. The number of halogens is 1. The number of fused-ring (bicyclic) bond motifs is 2. The summed E-state index contributed by atoms with van der Waals surface area (Å²) in [6.07, 6.45) is 7.26. The third kappa shape index (κ3) is 3.90. The van der Waals surface area contributed by atoms with Crippen LogP contribution in [0.4, 0.5) is 0 Å². The summed E-state index contributed by atoms with van der Waals surface area (Å²) >= 11 is 5.90. The summed E-state index contributed by atoms with van der Waals surface area (Å²) in [5.74, 6) is 1.56. The van der Waals surface area contributed by atoms with Crippen molar-refractivity contribution < 1.29 is 4.74 Å². The van der Waals surface area contributed by atoms with Crippen LogP contribution in [0.15, 0.2) is 36.4 Å². The van der Waals surface area contributed by atoms with E-state index in [0.717, 1.165) is 24.4 Å². The van der Waals surface area contributed by atoms with Crippen molar-refractivity contribution in [2.24, 2.45) is 5.92 Å². The maximum absolute atomic E-state index is 5.90. The van der Waals surface area contributed by atoms with E-state index in [1.165, 1.54) is 37.7 Å². The maximum atomic E-state index is 5.90. The average Bonchev–Trinajstić information content (AvgIpc) is 2.66. The third-order valence-electron chi connectivity index (χ3n) is 6.88. The summed E-state index contributed by atoms with van der Waals surface area (Å²) in [6, 6.07) is 12.4. The monoisotopic (exact) mass is 399 g/mol. The minimum absolute atomic E-state index is 0.232. The van der Waals surface area contributed by atoms with Crippen LogP contribution in [0.25, 0.3) is 0 Å². The van der Waals surface area contributed by atoms with Gasteiger partial charge in [-0.05, 0) is 88.1 Å². The Morgan fingerprint density at radius 3 is 2.29 bits per heavy atom. The summed E-state index contributed by atoms with van der Waals surface area (Å²) in [4.78, 5) is 2.79. The number of aromatic nitrogens is 2. The number of ether oxygens (including phenoxy) is 1. The van der Waals surface area contributed by atoms with Crippen molar-refractivity contribution >= 4 is 11.6 Å². The van der Waals surface area contributed by atoms with Gasteiger partial charge in [0.15, 0.2) is 5.15 Å². The minimum atomic E-state index is 0.232. The lowest BCUT2D eigenvalue weighted by molar-refractivity contribution is -0.111. The van der Waals surface area contributed by atoms with Crippen molar-refractivity contribution in [3.63, 3.8) is 0 Å². The van der Waals surface area contributed by atoms with Crippen LogP contribution in [0.1, 0.15) is 57.2 Å². The molecule has 1 unspecified atom stereocenters. The number of hydrogen-bond acceptors (Lipinski definition) is 4. The molecule has 4 nitrogen and oxygen atoms in total. The quantitative estimate of drug-likeness (QED) is 0.684. The Balaban J connectivity index is 1.53. The molecular weight excluding hydrogens is 370 g/mol. The van der Waals surface area contributed by atoms with Crippen molar-refractivity contribution in [3.05, 3.63) is 52.8 Å². The van der Waals surface area contributed by atoms with Crippen LogP contribution in [-0.2, 0) is 13.0 Å². The fourth-order valence-corrected chi connectivity index (χ4v) is 5.80. The number of methoxy groups -OCH3 is 1. The fourth-order valence-electron chi connectivity index (χ4n) is 5.70. The van der Waals surface area contributed by atoms with Crippen LogP contribution in [-0.4, -0.2) is 33.3 Å². The molecule has 0 amide bonds. The Morgan fingerprint density at radius 2 is 1.71 bits per heavy atom. The molecule has 2 aliphatic rings. The predicted octanol–water partition coefficient (Wildman–Crippen LogP) is 5.29. The molecule has 2 saturated heterocycles. The molecule has 3 heterocycles. The smallest absolute Gasteiger partial charge is 0.151 e. The summed E-state index contributed by atoms with van der Waals surface area (Å²) in [5.41, 5.74) is 2.89.